The molecule has 18 heavy (non-hydrogen) atoms. The molecule has 3 aliphatic carbocycles. The first-order chi connectivity index (χ1) is 8.23. The zero-order valence-electron chi connectivity index (χ0n) is 9.53. The highest BCUT2D eigenvalue weighted by Gasteiger charge is 2.83. The Morgan fingerprint density at radius 2 is 2.00 bits per heavy atom. The van der Waals surface area contributed by atoms with Crippen molar-refractivity contribution >= 4 is 15.9 Å². The second-order valence-electron chi connectivity index (χ2n) is 5.62. The first kappa shape index (κ1) is 12.3. The number of carbonyl (C=O) groups excluding carboxylic acids is 1. The van der Waals surface area contributed by atoms with Crippen molar-refractivity contribution in [1.82, 2.24) is 4.72 Å². The summed E-state index contributed by atoms with van der Waals surface area (Å²) in [5.74, 6) is -1.69. The quantitative estimate of drug-likeness (QED) is 0.756. The van der Waals surface area contributed by atoms with Gasteiger partial charge in [-0.3, -0.25) is 9.52 Å². The number of amides is 1. The second kappa shape index (κ2) is 3.22. The van der Waals surface area contributed by atoms with E-state index in [1.165, 1.54) is 0 Å². The van der Waals surface area contributed by atoms with E-state index in [2.05, 4.69) is 0 Å². The molecule has 1 amide bonds. The van der Waals surface area contributed by atoms with Gasteiger partial charge in [-0.25, -0.2) is 17.2 Å². The first-order valence-electron chi connectivity index (χ1n) is 5.86. The summed E-state index contributed by atoms with van der Waals surface area (Å²) in [6.07, 6.45) is -1.07. The number of nitrogens with two attached hydrogens (primary N) is 1. The fourth-order valence-corrected chi connectivity index (χ4v) is 4.19. The minimum absolute atomic E-state index is 0.154. The molecule has 0 bridgehead atoms. The normalized spacial score (nSPS) is 42.1. The van der Waals surface area contributed by atoms with Crippen LogP contribution in [0, 0.1) is 11.3 Å². The van der Waals surface area contributed by atoms with Crippen LogP contribution in [0.3, 0.4) is 0 Å². The van der Waals surface area contributed by atoms with Crippen LogP contribution in [0.4, 0.5) is 8.78 Å². The average molecular weight is 280 g/mol. The number of rotatable bonds is 4. The molecule has 0 aromatic heterocycles. The van der Waals surface area contributed by atoms with Crippen molar-refractivity contribution in [2.45, 2.75) is 42.9 Å². The molecule has 3 atom stereocenters. The summed E-state index contributed by atoms with van der Waals surface area (Å²) in [5, 5.41) is -0.523. The summed E-state index contributed by atoms with van der Waals surface area (Å²) in [4.78, 5) is 11.8. The number of nitrogens with one attached hydrogen (secondary N) is 1. The molecular weight excluding hydrogens is 266 g/mol. The van der Waals surface area contributed by atoms with Crippen LogP contribution < -0.4 is 10.5 Å². The third kappa shape index (κ3) is 1.51. The van der Waals surface area contributed by atoms with E-state index in [4.69, 9.17) is 5.73 Å². The van der Waals surface area contributed by atoms with Crippen LogP contribution in [0.5, 0.6) is 0 Å². The maximum atomic E-state index is 12.5. The number of carbonyl (C=O) groups is 1. The van der Waals surface area contributed by atoms with E-state index < -0.39 is 44.5 Å². The molecule has 3 fully saturated rings. The fourth-order valence-electron chi connectivity index (χ4n) is 2.82. The van der Waals surface area contributed by atoms with Crippen LogP contribution >= 0.6 is 0 Å². The van der Waals surface area contributed by atoms with Crippen molar-refractivity contribution in [3.63, 3.8) is 0 Å². The average Bonchev–Trinajstić information content (AvgIpc) is 3.09. The molecule has 0 radical (unpaired) electrons. The first-order valence-corrected chi connectivity index (χ1v) is 7.41. The molecule has 102 valence electrons. The summed E-state index contributed by atoms with van der Waals surface area (Å²) < 4.78 is 50.2. The van der Waals surface area contributed by atoms with Crippen molar-refractivity contribution in [2.24, 2.45) is 17.1 Å². The fraction of sp³-hybridized carbons (Fsp3) is 0.900. The number of sulfonamides is 1. The van der Waals surface area contributed by atoms with Gasteiger partial charge in [0.2, 0.25) is 16.4 Å². The lowest BCUT2D eigenvalue weighted by molar-refractivity contribution is -0.122. The van der Waals surface area contributed by atoms with Crippen LogP contribution in [-0.4, -0.2) is 31.5 Å². The molecule has 0 aromatic rings. The Balaban J connectivity index is 1.68. The third-order valence-electron chi connectivity index (χ3n) is 4.40. The molecule has 5 nitrogen and oxygen atoms in total. The van der Waals surface area contributed by atoms with Gasteiger partial charge in [0.15, 0.2) is 0 Å². The minimum Gasteiger partial charge on any atom is -0.317 e. The highest BCUT2D eigenvalue weighted by molar-refractivity contribution is 7.90. The second-order valence-corrected chi connectivity index (χ2v) is 7.59. The Labute approximate surface area is 103 Å². The predicted molar refractivity (Wildman–Crippen MR) is 58.2 cm³/mol. The molecule has 0 saturated heterocycles. The van der Waals surface area contributed by atoms with E-state index in [1.807, 2.05) is 4.72 Å². The van der Waals surface area contributed by atoms with Gasteiger partial charge in [0.25, 0.3) is 5.91 Å². The van der Waals surface area contributed by atoms with Gasteiger partial charge in [-0.2, -0.15) is 0 Å². The zero-order chi connectivity index (χ0) is 13.3. The number of alkyl halides is 2. The lowest BCUT2D eigenvalue weighted by Gasteiger charge is -2.12. The molecule has 3 aliphatic rings. The Bertz CT molecular complexity index is 519. The lowest BCUT2D eigenvalue weighted by Crippen LogP contribution is -2.48. The molecule has 8 heteroatoms. The van der Waals surface area contributed by atoms with E-state index in [0.29, 0.717) is 12.8 Å². The number of hydrogen-bond donors (Lipinski definition) is 2. The van der Waals surface area contributed by atoms with Gasteiger partial charge >= 0.3 is 0 Å². The molecule has 3 rings (SSSR count). The van der Waals surface area contributed by atoms with E-state index in [1.54, 1.807) is 0 Å². The van der Waals surface area contributed by atoms with Crippen LogP contribution in [0.15, 0.2) is 0 Å². The molecule has 0 heterocycles. The molecule has 1 spiro atoms. The van der Waals surface area contributed by atoms with Gasteiger partial charge in [-0.1, -0.05) is 0 Å². The van der Waals surface area contributed by atoms with Crippen LogP contribution in [0.1, 0.15) is 25.7 Å². The number of hydrogen-bond acceptors (Lipinski definition) is 4. The molecule has 3 saturated carbocycles. The molecule has 0 aliphatic heterocycles. The summed E-state index contributed by atoms with van der Waals surface area (Å²) in [7, 11) is -3.66. The highest BCUT2D eigenvalue weighted by Crippen LogP contribution is 2.77. The van der Waals surface area contributed by atoms with E-state index >= 15 is 0 Å². The predicted octanol–water partition coefficient (Wildman–Crippen LogP) is -0.0326. The topological polar surface area (TPSA) is 89.3 Å². The van der Waals surface area contributed by atoms with E-state index in [9.17, 15) is 22.0 Å². The summed E-state index contributed by atoms with van der Waals surface area (Å²) in [6, 6.07) is 0. The van der Waals surface area contributed by atoms with Crippen molar-refractivity contribution in [2.75, 3.05) is 0 Å². The highest BCUT2D eigenvalue weighted by atomic mass is 32.2. The Morgan fingerprint density at radius 3 is 2.44 bits per heavy atom. The van der Waals surface area contributed by atoms with Crippen LogP contribution in [-0.2, 0) is 14.8 Å². The van der Waals surface area contributed by atoms with Crippen molar-refractivity contribution in [3.8, 4) is 0 Å². The maximum absolute atomic E-state index is 12.5. The SMILES string of the molecule is N[C@]1(C(=O)NS(=O)(=O)C2CC2)C[C@@]12CC2C(F)F. The number of halogens is 2. The lowest BCUT2D eigenvalue weighted by atomic mass is 10.1. The zero-order valence-corrected chi connectivity index (χ0v) is 10.3. The van der Waals surface area contributed by atoms with Crippen LogP contribution in [0.2, 0.25) is 0 Å². The standard InChI is InChI=1S/C10H14F2N2O3S/c11-7(12)6-3-9(6)4-10(9,13)8(15)14-18(16,17)5-1-2-5/h5-7H,1-4,13H2,(H,14,15)/t6?,9-,10+/m1/s1. The van der Waals surface area contributed by atoms with Crippen LogP contribution in [0.25, 0.3) is 0 Å². The van der Waals surface area contributed by atoms with Gasteiger partial charge in [0.1, 0.15) is 5.54 Å². The van der Waals surface area contributed by atoms with Gasteiger partial charge in [0, 0.05) is 11.3 Å². The summed E-state index contributed by atoms with van der Waals surface area (Å²) in [5.41, 5.74) is 3.50. The molecular formula is C10H14F2N2O3S. The van der Waals surface area contributed by atoms with Crippen molar-refractivity contribution < 1.29 is 22.0 Å². The van der Waals surface area contributed by atoms with E-state index in [-0.39, 0.29) is 12.8 Å². The van der Waals surface area contributed by atoms with Gasteiger partial charge in [0.05, 0.1) is 5.25 Å². The molecule has 3 N–H and O–H groups in total. The third-order valence-corrected chi connectivity index (χ3v) is 6.22. The van der Waals surface area contributed by atoms with E-state index in [0.717, 1.165) is 0 Å². The molecule has 1 unspecified atom stereocenters. The van der Waals surface area contributed by atoms with Gasteiger partial charge < -0.3 is 5.73 Å². The van der Waals surface area contributed by atoms with Gasteiger partial charge in [-0.15, -0.1) is 0 Å². The molecule has 0 aromatic carbocycles. The van der Waals surface area contributed by atoms with Crippen molar-refractivity contribution in [3.05, 3.63) is 0 Å². The largest absolute Gasteiger partial charge is 0.317 e. The summed E-state index contributed by atoms with van der Waals surface area (Å²) in [6.45, 7) is 0. The minimum atomic E-state index is -3.66. The Kier molecular flexibility index (Phi) is 2.20. The van der Waals surface area contributed by atoms with Crippen molar-refractivity contribution in [1.29, 1.82) is 0 Å². The monoisotopic (exact) mass is 280 g/mol. The Morgan fingerprint density at radius 1 is 1.39 bits per heavy atom. The smallest absolute Gasteiger partial charge is 0.254 e. The maximum Gasteiger partial charge on any atom is 0.254 e. The Hall–Kier alpha value is -0.760. The summed E-state index contributed by atoms with van der Waals surface area (Å²) >= 11 is 0. The van der Waals surface area contributed by atoms with Gasteiger partial charge in [-0.05, 0) is 25.7 Å².